The molecule has 1 fully saturated rings. The third-order valence-corrected chi connectivity index (χ3v) is 16.4. The van der Waals surface area contributed by atoms with E-state index in [0.717, 1.165) is 83.5 Å². The smallest absolute Gasteiger partial charge is 0.305 e. The molecule has 1 amide bonds. The normalized spacial score (nSPS) is 18.4. The number of aliphatic hydroxyl groups is 5. The molecule has 1 heterocycles. The van der Waals surface area contributed by atoms with Crippen LogP contribution in [0.3, 0.4) is 0 Å². The standard InChI is InChI=1S/C75H133NO10/c1-3-5-7-9-11-13-15-39-43-47-51-55-59-63-71(80)84-64-60-56-52-48-44-41-38-36-34-32-30-28-26-24-22-20-18-16-17-19-21-23-25-27-29-31-33-35-37-40-42-46-50-54-58-62-70(79)76-67(66-85-75-74(83)73(82)72(81)69(65-77)86-75)68(78)61-57-53-49-45-14-12-10-8-6-4-2/h6-9,13-15,18,20,24,26,45,57,61,67-69,72-75,77-78,81-83H,3-5,10-12,16-17,19,21-23,25,27-44,46-56,58-60,62-66H2,1-2H3,(H,76,79)/b8-6+,9-7-,15-13-,20-18-,26-24-,45-14+,61-57+. The predicted molar refractivity (Wildman–Crippen MR) is 361 cm³/mol. The summed E-state index contributed by atoms with van der Waals surface area (Å²) in [5, 5.41) is 54.3. The molecule has 0 aromatic heterocycles. The topological polar surface area (TPSA) is 175 Å². The van der Waals surface area contributed by atoms with Crippen LogP contribution in [0.4, 0.5) is 0 Å². The van der Waals surface area contributed by atoms with Gasteiger partial charge < -0.3 is 45.1 Å². The summed E-state index contributed by atoms with van der Waals surface area (Å²) in [5.74, 6) is -0.203. The van der Waals surface area contributed by atoms with Gasteiger partial charge in [0, 0.05) is 12.8 Å². The molecule has 7 atom stereocenters. The van der Waals surface area contributed by atoms with Crippen LogP contribution in [0.2, 0.25) is 0 Å². The predicted octanol–water partition coefficient (Wildman–Crippen LogP) is 18.5. The number of ether oxygens (including phenoxy) is 3. The fourth-order valence-corrected chi connectivity index (χ4v) is 10.8. The largest absolute Gasteiger partial charge is 0.466 e. The fraction of sp³-hybridized carbons (Fsp3) is 0.787. The number of hydrogen-bond donors (Lipinski definition) is 6. The van der Waals surface area contributed by atoms with Gasteiger partial charge in [-0.15, -0.1) is 0 Å². The highest BCUT2D eigenvalue weighted by atomic mass is 16.7. The van der Waals surface area contributed by atoms with Gasteiger partial charge in [-0.25, -0.2) is 0 Å². The van der Waals surface area contributed by atoms with E-state index in [1.807, 2.05) is 6.08 Å². The summed E-state index contributed by atoms with van der Waals surface area (Å²) in [6.07, 6.45) is 77.5. The molecular weight excluding hydrogens is 1070 g/mol. The first-order chi connectivity index (χ1) is 42.2. The molecule has 0 aromatic rings. The van der Waals surface area contributed by atoms with Crippen molar-refractivity contribution in [1.82, 2.24) is 5.32 Å². The highest BCUT2D eigenvalue weighted by molar-refractivity contribution is 5.76. The number of nitrogens with one attached hydrogen (secondary N) is 1. The van der Waals surface area contributed by atoms with E-state index < -0.39 is 49.5 Å². The molecule has 1 aliphatic heterocycles. The Kier molecular flexibility index (Phi) is 59.6. The second-order valence-corrected chi connectivity index (χ2v) is 24.5. The van der Waals surface area contributed by atoms with Gasteiger partial charge in [-0.2, -0.15) is 0 Å². The molecule has 6 N–H and O–H groups in total. The number of carbonyl (C=O) groups excluding carboxylic acids is 2. The molecule has 1 rings (SSSR count). The summed E-state index contributed by atoms with van der Waals surface area (Å²) in [6, 6.07) is -0.833. The van der Waals surface area contributed by atoms with Crippen LogP contribution in [-0.4, -0.2) is 100 Å². The minimum atomic E-state index is -1.58. The quantitative estimate of drug-likeness (QED) is 0.0195. The highest BCUT2D eigenvalue weighted by Gasteiger charge is 2.44. The molecule has 11 nitrogen and oxygen atoms in total. The average Bonchev–Trinajstić information content (AvgIpc) is 2.53. The van der Waals surface area contributed by atoms with E-state index in [1.54, 1.807) is 6.08 Å². The number of carbonyl (C=O) groups is 2. The molecule has 0 saturated carbocycles. The lowest BCUT2D eigenvalue weighted by atomic mass is 9.99. The maximum Gasteiger partial charge on any atom is 0.305 e. The first-order valence-electron chi connectivity index (χ1n) is 35.9. The zero-order chi connectivity index (χ0) is 62.3. The Morgan fingerprint density at radius 2 is 0.826 bits per heavy atom. The van der Waals surface area contributed by atoms with Crippen molar-refractivity contribution in [2.24, 2.45) is 0 Å². The highest BCUT2D eigenvalue weighted by Crippen LogP contribution is 2.23. The molecule has 0 spiro atoms. The van der Waals surface area contributed by atoms with Crippen LogP contribution in [0.25, 0.3) is 0 Å². The molecule has 1 aliphatic rings. The SMILES string of the molecule is CC/C=C/CC/C=C/CC/C=C/C(O)C(COC1OC(CO)C(O)C(O)C1O)NC(=O)CCCCCCCCCCCCCCCCCCC/C=C\C/C=C\CCCCCCCCCCCCCOC(=O)CCCCCCC/C=C\C/C=C\CCC. The van der Waals surface area contributed by atoms with Crippen LogP contribution < -0.4 is 5.32 Å². The number of unbranched alkanes of at least 4 members (excludes halogenated alkanes) is 36. The molecule has 11 heteroatoms. The summed E-state index contributed by atoms with van der Waals surface area (Å²) in [7, 11) is 0. The first kappa shape index (κ1) is 80.9. The molecule has 7 unspecified atom stereocenters. The van der Waals surface area contributed by atoms with Crippen molar-refractivity contribution >= 4 is 11.9 Å². The number of amides is 1. The molecule has 0 aromatic carbocycles. The van der Waals surface area contributed by atoms with E-state index in [9.17, 15) is 35.1 Å². The maximum atomic E-state index is 13.0. The Labute approximate surface area is 527 Å². The van der Waals surface area contributed by atoms with Gasteiger partial charge in [0.05, 0.1) is 32.0 Å². The summed E-state index contributed by atoms with van der Waals surface area (Å²) < 4.78 is 16.7. The Balaban J connectivity index is 1.92. The van der Waals surface area contributed by atoms with Crippen LogP contribution >= 0.6 is 0 Å². The number of hydrogen-bond acceptors (Lipinski definition) is 10. The fourth-order valence-electron chi connectivity index (χ4n) is 10.8. The molecule has 498 valence electrons. The Bertz CT molecular complexity index is 1710. The Hall–Kier alpha value is -3.16. The van der Waals surface area contributed by atoms with Gasteiger partial charge in [0.15, 0.2) is 6.29 Å². The van der Waals surface area contributed by atoms with Gasteiger partial charge in [-0.1, -0.05) is 279 Å². The van der Waals surface area contributed by atoms with Crippen LogP contribution in [0.5, 0.6) is 0 Å². The number of rotatable bonds is 62. The van der Waals surface area contributed by atoms with Crippen molar-refractivity contribution in [3.8, 4) is 0 Å². The van der Waals surface area contributed by atoms with Gasteiger partial charge >= 0.3 is 5.97 Å². The van der Waals surface area contributed by atoms with Gasteiger partial charge in [0.2, 0.25) is 5.91 Å². The minimum absolute atomic E-state index is 0.00638. The van der Waals surface area contributed by atoms with Gasteiger partial charge in [-0.05, 0) is 109 Å². The third kappa shape index (κ3) is 51.7. The van der Waals surface area contributed by atoms with Crippen molar-refractivity contribution in [3.63, 3.8) is 0 Å². The molecular formula is C75H133NO10. The molecule has 0 radical (unpaired) electrons. The van der Waals surface area contributed by atoms with Gasteiger partial charge in [-0.3, -0.25) is 9.59 Å². The number of allylic oxidation sites excluding steroid dienone is 13. The first-order valence-corrected chi connectivity index (χ1v) is 35.9. The summed E-state index contributed by atoms with van der Waals surface area (Å²) in [5.41, 5.74) is 0. The second-order valence-electron chi connectivity index (χ2n) is 24.5. The van der Waals surface area contributed by atoms with Crippen molar-refractivity contribution in [2.45, 2.75) is 358 Å². The van der Waals surface area contributed by atoms with Crippen LogP contribution in [-0.2, 0) is 23.8 Å². The Morgan fingerprint density at radius 1 is 0.442 bits per heavy atom. The number of aliphatic hydroxyl groups excluding tert-OH is 5. The van der Waals surface area contributed by atoms with Crippen LogP contribution in [0, 0.1) is 0 Å². The molecule has 0 aliphatic carbocycles. The lowest BCUT2D eigenvalue weighted by Gasteiger charge is -2.40. The summed E-state index contributed by atoms with van der Waals surface area (Å²) in [4.78, 5) is 25.1. The van der Waals surface area contributed by atoms with Gasteiger partial charge in [0.25, 0.3) is 0 Å². The van der Waals surface area contributed by atoms with Crippen LogP contribution in [0.1, 0.15) is 316 Å². The Morgan fingerprint density at radius 3 is 1.27 bits per heavy atom. The van der Waals surface area contributed by atoms with Crippen molar-refractivity contribution in [3.05, 3.63) is 85.1 Å². The lowest BCUT2D eigenvalue weighted by Crippen LogP contribution is -2.60. The van der Waals surface area contributed by atoms with Crippen molar-refractivity contribution in [1.29, 1.82) is 0 Å². The molecule has 86 heavy (non-hydrogen) atoms. The van der Waals surface area contributed by atoms with Crippen molar-refractivity contribution in [2.75, 3.05) is 19.8 Å². The lowest BCUT2D eigenvalue weighted by molar-refractivity contribution is -0.302. The van der Waals surface area contributed by atoms with Crippen molar-refractivity contribution < 1.29 is 49.3 Å². The monoisotopic (exact) mass is 1210 g/mol. The van der Waals surface area contributed by atoms with E-state index in [1.165, 1.54) is 205 Å². The van der Waals surface area contributed by atoms with E-state index >= 15 is 0 Å². The van der Waals surface area contributed by atoms with E-state index in [0.29, 0.717) is 19.4 Å². The summed E-state index contributed by atoms with van der Waals surface area (Å²) >= 11 is 0. The molecule has 1 saturated heterocycles. The zero-order valence-electron chi connectivity index (χ0n) is 55.3. The van der Waals surface area contributed by atoms with E-state index in [4.69, 9.17) is 14.2 Å². The zero-order valence-corrected chi connectivity index (χ0v) is 55.3. The van der Waals surface area contributed by atoms with E-state index in [2.05, 4.69) is 92.1 Å². The maximum absolute atomic E-state index is 13.0. The van der Waals surface area contributed by atoms with E-state index in [-0.39, 0.29) is 18.5 Å². The average molecular weight is 1210 g/mol. The van der Waals surface area contributed by atoms with Crippen LogP contribution in [0.15, 0.2) is 85.1 Å². The van der Waals surface area contributed by atoms with Gasteiger partial charge in [0.1, 0.15) is 24.4 Å². The molecule has 0 bridgehead atoms. The third-order valence-electron chi connectivity index (χ3n) is 16.4. The minimum Gasteiger partial charge on any atom is -0.466 e. The summed E-state index contributed by atoms with van der Waals surface area (Å²) in [6.45, 7) is 4.14. The second kappa shape index (κ2) is 63.4. The number of esters is 1.